The second kappa shape index (κ2) is 5.51. The molecule has 5 unspecified atom stereocenters. The van der Waals surface area contributed by atoms with E-state index < -0.39 is 12.2 Å². The molecule has 0 aromatic carbocycles. The summed E-state index contributed by atoms with van der Waals surface area (Å²) in [6.45, 7) is 6.34. The van der Waals surface area contributed by atoms with Crippen molar-refractivity contribution in [3.63, 3.8) is 0 Å². The molecule has 3 nitrogen and oxygen atoms in total. The maximum absolute atomic E-state index is 10.2. The van der Waals surface area contributed by atoms with Gasteiger partial charge in [-0.1, -0.05) is 37.6 Å². The molecule has 0 aromatic heterocycles. The van der Waals surface area contributed by atoms with Gasteiger partial charge < -0.3 is 15.3 Å². The molecule has 0 saturated carbocycles. The van der Waals surface area contributed by atoms with Gasteiger partial charge in [0.25, 0.3) is 0 Å². The molecule has 3 N–H and O–H groups in total. The third-order valence-electron chi connectivity index (χ3n) is 4.27. The maximum atomic E-state index is 10.2. The SMILES string of the molecule is CC1=CC(C2C(O)=CC(O)CC2O)C(C(C)C)C=C1. The van der Waals surface area contributed by atoms with E-state index in [2.05, 4.69) is 32.1 Å². The van der Waals surface area contributed by atoms with Crippen molar-refractivity contribution in [2.75, 3.05) is 0 Å². The lowest BCUT2D eigenvalue weighted by Gasteiger charge is -2.39. The molecule has 2 aliphatic carbocycles. The smallest absolute Gasteiger partial charge is 0.0971 e. The third kappa shape index (κ3) is 2.93. The monoisotopic (exact) mass is 264 g/mol. The number of hydrogen-bond donors (Lipinski definition) is 3. The first kappa shape index (κ1) is 14.4. The van der Waals surface area contributed by atoms with Crippen molar-refractivity contribution in [2.45, 2.75) is 39.4 Å². The molecule has 0 saturated heterocycles. The van der Waals surface area contributed by atoms with Gasteiger partial charge in [0.2, 0.25) is 0 Å². The average Bonchev–Trinajstić information content (AvgIpc) is 2.27. The zero-order valence-corrected chi connectivity index (χ0v) is 11.8. The lowest BCUT2D eigenvalue weighted by Crippen LogP contribution is -2.39. The normalized spacial score (nSPS) is 39.2. The fourth-order valence-electron chi connectivity index (χ4n) is 3.29. The van der Waals surface area contributed by atoms with Gasteiger partial charge in [0.1, 0.15) is 0 Å². The van der Waals surface area contributed by atoms with Crippen molar-refractivity contribution in [2.24, 2.45) is 23.7 Å². The van der Waals surface area contributed by atoms with Crippen LogP contribution in [0.5, 0.6) is 0 Å². The molecule has 5 atom stereocenters. The van der Waals surface area contributed by atoms with E-state index in [0.717, 1.165) is 5.57 Å². The predicted octanol–water partition coefficient (Wildman–Crippen LogP) is 2.57. The standard InChI is InChI=1S/C16H24O3/c1-9(2)12-5-4-10(3)6-13(12)16-14(18)7-11(17)8-15(16)19/h4-7,9,11-13,15-19H,8H2,1-3H3. The Morgan fingerprint density at radius 1 is 1.21 bits per heavy atom. The molecule has 0 fully saturated rings. The van der Waals surface area contributed by atoms with Gasteiger partial charge in [0.05, 0.1) is 18.0 Å². The van der Waals surface area contributed by atoms with Crippen molar-refractivity contribution < 1.29 is 15.3 Å². The molecule has 0 bridgehead atoms. The second-order valence-corrected chi connectivity index (χ2v) is 6.16. The van der Waals surface area contributed by atoms with E-state index in [-0.39, 0.29) is 17.6 Å². The Morgan fingerprint density at radius 3 is 2.47 bits per heavy atom. The van der Waals surface area contributed by atoms with E-state index in [1.807, 2.05) is 6.92 Å². The molecule has 3 heteroatoms. The van der Waals surface area contributed by atoms with Crippen LogP contribution in [0.25, 0.3) is 0 Å². The molecule has 0 heterocycles. The van der Waals surface area contributed by atoms with Crippen LogP contribution >= 0.6 is 0 Å². The Labute approximate surface area is 115 Å². The van der Waals surface area contributed by atoms with Crippen LogP contribution in [0.2, 0.25) is 0 Å². The maximum Gasteiger partial charge on any atom is 0.0971 e. The molecule has 2 rings (SSSR count). The fraction of sp³-hybridized carbons (Fsp3) is 0.625. The summed E-state index contributed by atoms with van der Waals surface area (Å²) in [4.78, 5) is 0. The van der Waals surface area contributed by atoms with E-state index in [9.17, 15) is 15.3 Å². The largest absolute Gasteiger partial charge is 0.512 e. The predicted molar refractivity (Wildman–Crippen MR) is 75.5 cm³/mol. The lowest BCUT2D eigenvalue weighted by molar-refractivity contribution is 0.0134. The lowest BCUT2D eigenvalue weighted by atomic mass is 9.68. The minimum Gasteiger partial charge on any atom is -0.512 e. The number of allylic oxidation sites excluding steroid dienone is 4. The summed E-state index contributed by atoms with van der Waals surface area (Å²) < 4.78 is 0. The molecule has 19 heavy (non-hydrogen) atoms. The summed E-state index contributed by atoms with van der Waals surface area (Å²) in [7, 11) is 0. The van der Waals surface area contributed by atoms with Gasteiger partial charge in [-0.3, -0.25) is 0 Å². The zero-order valence-electron chi connectivity index (χ0n) is 11.8. The van der Waals surface area contributed by atoms with Gasteiger partial charge in [-0.25, -0.2) is 0 Å². The molecule has 0 radical (unpaired) electrons. The zero-order chi connectivity index (χ0) is 14.2. The van der Waals surface area contributed by atoms with E-state index >= 15 is 0 Å². The summed E-state index contributed by atoms with van der Waals surface area (Å²) >= 11 is 0. The van der Waals surface area contributed by atoms with Gasteiger partial charge in [0, 0.05) is 12.3 Å². The van der Waals surface area contributed by atoms with Gasteiger partial charge in [-0.15, -0.1) is 0 Å². The summed E-state index contributed by atoms with van der Waals surface area (Å²) in [6, 6.07) is 0. The Hall–Kier alpha value is -1.06. The van der Waals surface area contributed by atoms with Gasteiger partial charge in [-0.05, 0) is 30.8 Å². The molecule has 0 spiro atoms. The number of aliphatic hydroxyl groups excluding tert-OH is 3. The number of hydrogen-bond acceptors (Lipinski definition) is 3. The molecule has 0 aliphatic heterocycles. The molecular formula is C16H24O3. The molecular weight excluding hydrogens is 240 g/mol. The fourth-order valence-corrected chi connectivity index (χ4v) is 3.29. The van der Waals surface area contributed by atoms with E-state index in [1.165, 1.54) is 6.08 Å². The Kier molecular flexibility index (Phi) is 4.16. The van der Waals surface area contributed by atoms with Crippen LogP contribution in [-0.4, -0.2) is 27.5 Å². The second-order valence-electron chi connectivity index (χ2n) is 6.16. The van der Waals surface area contributed by atoms with E-state index in [0.29, 0.717) is 18.3 Å². The Bertz CT molecular complexity index is 420. The quantitative estimate of drug-likeness (QED) is 0.718. The highest BCUT2D eigenvalue weighted by atomic mass is 16.3. The minimum atomic E-state index is -0.743. The topological polar surface area (TPSA) is 60.7 Å². The van der Waals surface area contributed by atoms with Crippen LogP contribution in [0.4, 0.5) is 0 Å². The first-order valence-corrected chi connectivity index (χ1v) is 7.03. The van der Waals surface area contributed by atoms with Gasteiger partial charge >= 0.3 is 0 Å². The van der Waals surface area contributed by atoms with E-state index in [4.69, 9.17) is 0 Å². The van der Waals surface area contributed by atoms with Gasteiger partial charge in [0.15, 0.2) is 0 Å². The summed E-state index contributed by atoms with van der Waals surface area (Å²) in [6.07, 6.45) is 6.75. The number of rotatable bonds is 2. The number of aliphatic hydroxyl groups is 3. The first-order chi connectivity index (χ1) is 8.90. The van der Waals surface area contributed by atoms with Crippen molar-refractivity contribution >= 4 is 0 Å². The Balaban J connectivity index is 2.32. The van der Waals surface area contributed by atoms with Gasteiger partial charge in [-0.2, -0.15) is 0 Å². The highest BCUT2D eigenvalue weighted by Gasteiger charge is 2.39. The van der Waals surface area contributed by atoms with E-state index in [1.54, 1.807) is 0 Å². The average molecular weight is 264 g/mol. The van der Waals surface area contributed by atoms with Crippen LogP contribution in [0.1, 0.15) is 27.2 Å². The van der Waals surface area contributed by atoms with Crippen molar-refractivity contribution in [1.82, 2.24) is 0 Å². The van der Waals surface area contributed by atoms with Crippen LogP contribution in [0.3, 0.4) is 0 Å². The highest BCUT2D eigenvalue weighted by Crippen LogP contribution is 2.40. The summed E-state index contributed by atoms with van der Waals surface area (Å²) in [5, 5.41) is 29.9. The molecule has 0 aromatic rings. The van der Waals surface area contributed by atoms with Crippen molar-refractivity contribution in [3.05, 3.63) is 35.6 Å². The van der Waals surface area contributed by atoms with Crippen LogP contribution < -0.4 is 0 Å². The van der Waals surface area contributed by atoms with Crippen molar-refractivity contribution in [3.8, 4) is 0 Å². The minimum absolute atomic E-state index is 0.0868. The van der Waals surface area contributed by atoms with Crippen molar-refractivity contribution in [1.29, 1.82) is 0 Å². The van der Waals surface area contributed by atoms with Crippen LogP contribution in [-0.2, 0) is 0 Å². The summed E-state index contributed by atoms with van der Waals surface area (Å²) in [5.74, 6) is 0.646. The van der Waals surface area contributed by atoms with Crippen LogP contribution in [0.15, 0.2) is 35.6 Å². The first-order valence-electron chi connectivity index (χ1n) is 7.03. The molecule has 2 aliphatic rings. The summed E-state index contributed by atoms with van der Waals surface area (Å²) in [5.41, 5.74) is 1.16. The van der Waals surface area contributed by atoms with Crippen LogP contribution in [0, 0.1) is 23.7 Å². The molecule has 0 amide bonds. The highest BCUT2D eigenvalue weighted by molar-refractivity contribution is 5.27. The molecule has 106 valence electrons. The third-order valence-corrected chi connectivity index (χ3v) is 4.27. The Morgan fingerprint density at radius 2 is 1.89 bits per heavy atom.